The van der Waals surface area contributed by atoms with Crippen molar-refractivity contribution in [2.45, 2.75) is 18.7 Å². The molecule has 0 radical (unpaired) electrons. The molecule has 4 heteroatoms. The minimum absolute atomic E-state index is 0.0574. The fourth-order valence-electron chi connectivity index (χ4n) is 1.12. The van der Waals surface area contributed by atoms with Crippen LogP contribution >= 0.6 is 0 Å². The molecule has 0 aliphatic heterocycles. The largest absolute Gasteiger partial charge is 0.395 e. The van der Waals surface area contributed by atoms with Gasteiger partial charge in [-0.3, -0.25) is 4.90 Å². The molecular formula is C8H20N2O2. The summed E-state index contributed by atoms with van der Waals surface area (Å²) in [6.45, 7) is 1.63. The number of likely N-dealkylation sites (N-methyl/N-ethyl adjacent to an activating group) is 2. The molecule has 0 spiro atoms. The van der Waals surface area contributed by atoms with Gasteiger partial charge in [0, 0.05) is 0 Å². The normalized spacial score (nSPS) is 19.8. The summed E-state index contributed by atoms with van der Waals surface area (Å²) in [6, 6.07) is -0.271. The zero-order chi connectivity index (χ0) is 9.94. The number of aliphatic hydroxyl groups is 2. The number of hydrogen-bond acceptors (Lipinski definition) is 4. The zero-order valence-electron chi connectivity index (χ0n) is 8.57. The second-order valence-electron chi connectivity index (χ2n) is 3.65. The van der Waals surface area contributed by atoms with E-state index in [2.05, 4.69) is 0 Å². The quantitative estimate of drug-likeness (QED) is 0.549. The van der Waals surface area contributed by atoms with Gasteiger partial charge in [0.2, 0.25) is 0 Å². The molecule has 2 N–H and O–H groups in total. The average Bonchev–Trinajstić information content (AvgIpc) is 1.86. The molecule has 0 aliphatic rings. The van der Waals surface area contributed by atoms with Crippen LogP contribution in [0.3, 0.4) is 0 Å². The molecule has 0 amide bonds. The lowest BCUT2D eigenvalue weighted by Gasteiger charge is -2.40. The molecule has 0 fully saturated rings. The maximum atomic E-state index is 9.95. The van der Waals surface area contributed by atoms with Crippen molar-refractivity contribution in [1.29, 1.82) is 0 Å². The van der Waals surface area contributed by atoms with Gasteiger partial charge in [0.05, 0.1) is 12.6 Å². The van der Waals surface area contributed by atoms with E-state index in [0.29, 0.717) is 0 Å². The summed E-state index contributed by atoms with van der Waals surface area (Å²) in [4.78, 5) is 3.49. The molecule has 4 nitrogen and oxygen atoms in total. The zero-order valence-corrected chi connectivity index (χ0v) is 8.57. The van der Waals surface area contributed by atoms with Crippen molar-refractivity contribution in [3.05, 3.63) is 0 Å². The Morgan fingerprint density at radius 3 is 1.75 bits per heavy atom. The first kappa shape index (κ1) is 11.8. The monoisotopic (exact) mass is 176 g/mol. The summed E-state index contributed by atoms with van der Waals surface area (Å²) < 4.78 is 0. The summed E-state index contributed by atoms with van der Waals surface area (Å²) in [5.41, 5.74) is -1.00. The number of nitrogens with zero attached hydrogens (tertiary/aromatic N) is 2. The Kier molecular flexibility index (Phi) is 4.13. The summed E-state index contributed by atoms with van der Waals surface area (Å²) in [6.07, 6.45) is 0. The van der Waals surface area contributed by atoms with Crippen molar-refractivity contribution >= 4 is 0 Å². The van der Waals surface area contributed by atoms with Crippen LogP contribution < -0.4 is 0 Å². The third kappa shape index (κ3) is 2.42. The molecule has 0 aromatic heterocycles. The molecule has 0 bridgehead atoms. The van der Waals surface area contributed by atoms with Gasteiger partial charge in [0.1, 0.15) is 5.72 Å². The topological polar surface area (TPSA) is 46.9 Å². The van der Waals surface area contributed by atoms with E-state index in [1.165, 1.54) is 0 Å². The van der Waals surface area contributed by atoms with E-state index < -0.39 is 5.72 Å². The van der Waals surface area contributed by atoms with Gasteiger partial charge in [-0.05, 0) is 35.1 Å². The van der Waals surface area contributed by atoms with E-state index in [-0.39, 0.29) is 12.6 Å². The molecule has 74 valence electrons. The molecule has 0 heterocycles. The van der Waals surface area contributed by atoms with Gasteiger partial charge in [-0.2, -0.15) is 0 Å². The van der Waals surface area contributed by atoms with Crippen LogP contribution in [0.2, 0.25) is 0 Å². The third-order valence-electron chi connectivity index (χ3n) is 2.33. The van der Waals surface area contributed by atoms with Gasteiger partial charge in [-0.1, -0.05) is 0 Å². The van der Waals surface area contributed by atoms with Crippen molar-refractivity contribution in [3.8, 4) is 0 Å². The SMILES string of the molecule is CN(C)C(CO)C(C)(O)N(C)C. The Hall–Kier alpha value is -0.160. The molecule has 0 aliphatic carbocycles. The van der Waals surface area contributed by atoms with Crippen LogP contribution in [-0.2, 0) is 0 Å². The van der Waals surface area contributed by atoms with E-state index in [0.717, 1.165) is 0 Å². The standard InChI is InChI=1S/C8H20N2O2/c1-8(12,10(4)5)7(6-11)9(2)3/h7,11-12H,6H2,1-5H3. The van der Waals surface area contributed by atoms with Crippen molar-refractivity contribution < 1.29 is 10.2 Å². The van der Waals surface area contributed by atoms with Crippen LogP contribution in [0.4, 0.5) is 0 Å². The Morgan fingerprint density at radius 1 is 1.25 bits per heavy atom. The highest BCUT2D eigenvalue weighted by Crippen LogP contribution is 2.15. The average molecular weight is 176 g/mol. The maximum Gasteiger partial charge on any atom is 0.133 e. The second kappa shape index (κ2) is 4.18. The van der Waals surface area contributed by atoms with Gasteiger partial charge in [0.25, 0.3) is 0 Å². The summed E-state index contributed by atoms with van der Waals surface area (Å²) in [5.74, 6) is 0. The summed E-state index contributed by atoms with van der Waals surface area (Å²) in [7, 11) is 7.23. The highest BCUT2D eigenvalue weighted by molar-refractivity contribution is 4.84. The number of aliphatic hydroxyl groups excluding tert-OH is 1. The highest BCUT2D eigenvalue weighted by Gasteiger charge is 2.34. The summed E-state index contributed by atoms with van der Waals surface area (Å²) >= 11 is 0. The fourth-order valence-corrected chi connectivity index (χ4v) is 1.12. The van der Waals surface area contributed by atoms with E-state index in [1.807, 2.05) is 14.1 Å². The van der Waals surface area contributed by atoms with Crippen LogP contribution in [-0.4, -0.2) is 66.6 Å². The van der Waals surface area contributed by atoms with Crippen molar-refractivity contribution in [2.75, 3.05) is 34.8 Å². The van der Waals surface area contributed by atoms with Crippen LogP contribution in [0.25, 0.3) is 0 Å². The molecule has 0 saturated heterocycles. The highest BCUT2D eigenvalue weighted by atomic mass is 16.3. The van der Waals surface area contributed by atoms with Crippen LogP contribution in [0.15, 0.2) is 0 Å². The van der Waals surface area contributed by atoms with E-state index in [9.17, 15) is 5.11 Å². The number of rotatable bonds is 4. The van der Waals surface area contributed by atoms with E-state index in [1.54, 1.807) is 30.8 Å². The lowest BCUT2D eigenvalue weighted by molar-refractivity contribution is -0.130. The Balaban J connectivity index is 4.47. The van der Waals surface area contributed by atoms with Gasteiger partial charge >= 0.3 is 0 Å². The van der Waals surface area contributed by atoms with Crippen molar-refractivity contribution in [2.24, 2.45) is 0 Å². The minimum atomic E-state index is -1.00. The maximum absolute atomic E-state index is 9.95. The first-order chi connectivity index (χ1) is 5.34. The fraction of sp³-hybridized carbons (Fsp3) is 1.00. The molecule has 0 aromatic rings. The van der Waals surface area contributed by atoms with Gasteiger partial charge in [-0.25, -0.2) is 0 Å². The molecule has 2 atom stereocenters. The van der Waals surface area contributed by atoms with Gasteiger partial charge in [0.15, 0.2) is 0 Å². The van der Waals surface area contributed by atoms with E-state index >= 15 is 0 Å². The second-order valence-corrected chi connectivity index (χ2v) is 3.65. The third-order valence-corrected chi connectivity index (χ3v) is 2.33. The van der Waals surface area contributed by atoms with Crippen LogP contribution in [0.1, 0.15) is 6.92 Å². The first-order valence-corrected chi connectivity index (χ1v) is 4.01. The molecule has 12 heavy (non-hydrogen) atoms. The molecule has 2 unspecified atom stereocenters. The molecule has 0 aromatic carbocycles. The number of hydrogen-bond donors (Lipinski definition) is 2. The Morgan fingerprint density at radius 2 is 1.67 bits per heavy atom. The molecule has 0 rings (SSSR count). The minimum Gasteiger partial charge on any atom is -0.395 e. The van der Waals surface area contributed by atoms with E-state index in [4.69, 9.17) is 5.11 Å². The molecular weight excluding hydrogens is 156 g/mol. The van der Waals surface area contributed by atoms with Crippen molar-refractivity contribution in [1.82, 2.24) is 9.80 Å². The molecule has 0 saturated carbocycles. The smallest absolute Gasteiger partial charge is 0.133 e. The first-order valence-electron chi connectivity index (χ1n) is 4.01. The van der Waals surface area contributed by atoms with Gasteiger partial charge in [-0.15, -0.1) is 0 Å². The predicted octanol–water partition coefficient (Wildman–Crippen LogP) is -0.821. The predicted molar refractivity (Wildman–Crippen MR) is 48.9 cm³/mol. The lowest BCUT2D eigenvalue weighted by atomic mass is 10.1. The van der Waals surface area contributed by atoms with Crippen LogP contribution in [0.5, 0.6) is 0 Å². The Bertz CT molecular complexity index is 135. The van der Waals surface area contributed by atoms with Crippen molar-refractivity contribution in [3.63, 3.8) is 0 Å². The van der Waals surface area contributed by atoms with Gasteiger partial charge < -0.3 is 15.1 Å². The lowest BCUT2D eigenvalue weighted by Crippen LogP contribution is -2.58. The Labute approximate surface area is 74.4 Å². The summed E-state index contributed by atoms with van der Waals surface area (Å²) in [5, 5.41) is 19.0. The van der Waals surface area contributed by atoms with Crippen LogP contribution in [0, 0.1) is 0 Å².